The number of hydrogen-bond donors (Lipinski definition) is 1. The predicted molar refractivity (Wildman–Crippen MR) is 124 cm³/mol. The lowest BCUT2D eigenvalue weighted by molar-refractivity contribution is -0.130. The Morgan fingerprint density at radius 3 is 2.50 bits per heavy atom. The molecule has 0 radical (unpaired) electrons. The molecule has 4 rings (SSSR count). The average molecular weight is 472 g/mol. The summed E-state index contributed by atoms with van der Waals surface area (Å²) < 4.78 is 41.1. The molecule has 0 bridgehead atoms. The van der Waals surface area contributed by atoms with Crippen LogP contribution in [0.3, 0.4) is 0 Å². The normalized spacial score (nSPS) is 16.6. The SMILES string of the molecule is CC(=O)N1CCC(C)(c2cc3c(N[C@H](C)c4cccc(C(F)F)c4F)nc(C)nc3cn2)CC1. The summed E-state index contributed by atoms with van der Waals surface area (Å²) in [5.74, 6) is 0.158. The van der Waals surface area contributed by atoms with Gasteiger partial charge in [-0.05, 0) is 32.8 Å². The van der Waals surface area contributed by atoms with Gasteiger partial charge >= 0.3 is 0 Å². The van der Waals surface area contributed by atoms with Crippen LogP contribution >= 0.6 is 0 Å². The van der Waals surface area contributed by atoms with Crippen LogP contribution in [0, 0.1) is 12.7 Å². The van der Waals surface area contributed by atoms with Gasteiger partial charge in [-0.3, -0.25) is 9.78 Å². The highest BCUT2D eigenvalue weighted by atomic mass is 19.3. The third kappa shape index (κ3) is 4.56. The molecule has 9 heteroatoms. The van der Waals surface area contributed by atoms with Gasteiger partial charge in [-0.25, -0.2) is 23.1 Å². The molecule has 1 aliphatic heterocycles. The Morgan fingerprint density at radius 1 is 1.18 bits per heavy atom. The number of piperidine rings is 1. The number of aromatic nitrogens is 3. The number of pyridine rings is 1. The largest absolute Gasteiger partial charge is 0.363 e. The molecule has 180 valence electrons. The van der Waals surface area contributed by atoms with E-state index in [4.69, 9.17) is 0 Å². The average Bonchev–Trinajstić information content (AvgIpc) is 2.78. The number of benzene rings is 1. The number of fused-ring (bicyclic) bond motifs is 1. The molecule has 1 N–H and O–H groups in total. The molecule has 34 heavy (non-hydrogen) atoms. The number of halogens is 3. The first kappa shape index (κ1) is 23.9. The van der Waals surface area contributed by atoms with E-state index in [0.717, 1.165) is 30.0 Å². The molecule has 0 aliphatic carbocycles. The third-order valence-electron chi connectivity index (χ3n) is 6.74. The molecule has 0 saturated carbocycles. The first-order valence-corrected chi connectivity index (χ1v) is 11.3. The van der Waals surface area contributed by atoms with Crippen molar-refractivity contribution in [3.63, 3.8) is 0 Å². The third-order valence-corrected chi connectivity index (χ3v) is 6.74. The first-order valence-electron chi connectivity index (χ1n) is 11.3. The molecule has 2 aromatic heterocycles. The van der Waals surface area contributed by atoms with E-state index in [-0.39, 0.29) is 16.9 Å². The van der Waals surface area contributed by atoms with Crippen LogP contribution in [0.5, 0.6) is 0 Å². The van der Waals surface area contributed by atoms with Gasteiger partial charge in [-0.1, -0.05) is 25.1 Å². The highest BCUT2D eigenvalue weighted by molar-refractivity contribution is 5.89. The Balaban J connectivity index is 1.68. The van der Waals surface area contributed by atoms with E-state index in [2.05, 4.69) is 27.2 Å². The van der Waals surface area contributed by atoms with Gasteiger partial charge in [0.15, 0.2) is 0 Å². The summed E-state index contributed by atoms with van der Waals surface area (Å²) in [5.41, 5.74) is 0.812. The summed E-state index contributed by atoms with van der Waals surface area (Å²) in [6.45, 7) is 8.50. The van der Waals surface area contributed by atoms with Crippen LogP contribution in [0.1, 0.15) is 68.7 Å². The minimum Gasteiger partial charge on any atom is -0.363 e. The fourth-order valence-corrected chi connectivity index (χ4v) is 4.51. The maximum Gasteiger partial charge on any atom is 0.266 e. The number of rotatable bonds is 5. The number of alkyl halides is 2. The fraction of sp³-hybridized carbons (Fsp3) is 0.440. The summed E-state index contributed by atoms with van der Waals surface area (Å²) in [5, 5.41) is 3.92. The lowest BCUT2D eigenvalue weighted by Crippen LogP contribution is -2.43. The molecule has 1 saturated heterocycles. The van der Waals surface area contributed by atoms with Crippen LogP contribution in [-0.2, 0) is 10.2 Å². The number of aryl methyl sites for hydroxylation is 1. The monoisotopic (exact) mass is 471 g/mol. The summed E-state index contributed by atoms with van der Waals surface area (Å²) in [7, 11) is 0. The van der Waals surface area contributed by atoms with Crippen molar-refractivity contribution in [2.24, 2.45) is 0 Å². The Kier molecular flexibility index (Phi) is 6.47. The topological polar surface area (TPSA) is 71.0 Å². The highest BCUT2D eigenvalue weighted by Gasteiger charge is 2.34. The molecule has 1 atom stereocenters. The molecule has 6 nitrogen and oxygen atoms in total. The van der Waals surface area contributed by atoms with Gasteiger partial charge in [0.05, 0.1) is 23.3 Å². The number of hydrogen-bond acceptors (Lipinski definition) is 5. The van der Waals surface area contributed by atoms with E-state index in [1.165, 1.54) is 12.1 Å². The second-order valence-electron chi connectivity index (χ2n) is 9.19. The minimum absolute atomic E-state index is 0.0704. The molecule has 3 heterocycles. The van der Waals surface area contributed by atoms with E-state index in [0.29, 0.717) is 30.2 Å². The molecule has 0 spiro atoms. The molecular formula is C25H28F3N5O. The standard InChI is InChI=1S/C25H28F3N5O/c1-14(17-6-5-7-18(22(17)26)23(27)28)30-24-19-12-21(29-13-20(19)31-15(2)32-24)25(4)8-10-33(11-9-25)16(3)34/h5-7,12-14,23H,8-11H2,1-4H3,(H,30,31,32)/t14-/m1/s1. The van der Waals surface area contributed by atoms with Crippen molar-refractivity contribution in [3.8, 4) is 0 Å². The lowest BCUT2D eigenvalue weighted by atomic mass is 9.77. The van der Waals surface area contributed by atoms with Gasteiger partial charge in [0.25, 0.3) is 6.43 Å². The second-order valence-corrected chi connectivity index (χ2v) is 9.19. The first-order chi connectivity index (χ1) is 16.1. The van der Waals surface area contributed by atoms with Crippen LogP contribution in [0.15, 0.2) is 30.5 Å². The van der Waals surface area contributed by atoms with Gasteiger partial charge < -0.3 is 10.2 Å². The zero-order valence-corrected chi connectivity index (χ0v) is 19.7. The van der Waals surface area contributed by atoms with Gasteiger partial charge in [-0.2, -0.15) is 0 Å². The van der Waals surface area contributed by atoms with Crippen molar-refractivity contribution >= 4 is 22.6 Å². The number of carbonyl (C=O) groups is 1. The Bertz CT molecular complexity index is 1220. The Labute approximate surface area is 196 Å². The molecule has 1 amide bonds. The van der Waals surface area contributed by atoms with Crippen LogP contribution < -0.4 is 5.32 Å². The Hall–Kier alpha value is -3.23. The fourth-order valence-electron chi connectivity index (χ4n) is 4.51. The van der Waals surface area contributed by atoms with Crippen molar-refractivity contribution in [2.45, 2.75) is 58.4 Å². The van der Waals surface area contributed by atoms with E-state index >= 15 is 0 Å². The molecule has 0 unspecified atom stereocenters. The van der Waals surface area contributed by atoms with Crippen LogP contribution in [0.25, 0.3) is 10.9 Å². The van der Waals surface area contributed by atoms with E-state index in [1.807, 2.05) is 11.0 Å². The van der Waals surface area contributed by atoms with E-state index in [1.54, 1.807) is 27.0 Å². The number of nitrogens with zero attached hydrogens (tertiary/aromatic N) is 4. The lowest BCUT2D eigenvalue weighted by Gasteiger charge is -2.38. The number of nitrogens with one attached hydrogen (secondary N) is 1. The van der Waals surface area contributed by atoms with Crippen molar-refractivity contribution in [1.29, 1.82) is 0 Å². The number of likely N-dealkylation sites (tertiary alicyclic amines) is 1. The summed E-state index contributed by atoms with van der Waals surface area (Å²) >= 11 is 0. The number of carbonyl (C=O) groups excluding carboxylic acids is 1. The van der Waals surface area contributed by atoms with Crippen molar-refractivity contribution in [3.05, 3.63) is 58.9 Å². The minimum atomic E-state index is -2.89. The van der Waals surface area contributed by atoms with Crippen LogP contribution in [0.2, 0.25) is 0 Å². The van der Waals surface area contributed by atoms with Gasteiger partial charge in [0.2, 0.25) is 5.91 Å². The maximum absolute atomic E-state index is 14.7. The Morgan fingerprint density at radius 2 is 1.85 bits per heavy atom. The smallest absolute Gasteiger partial charge is 0.266 e. The van der Waals surface area contributed by atoms with Crippen molar-refractivity contribution in [2.75, 3.05) is 18.4 Å². The second kappa shape index (κ2) is 9.19. The van der Waals surface area contributed by atoms with Crippen molar-refractivity contribution < 1.29 is 18.0 Å². The van der Waals surface area contributed by atoms with Crippen molar-refractivity contribution in [1.82, 2.24) is 19.9 Å². The van der Waals surface area contributed by atoms with Gasteiger partial charge in [-0.15, -0.1) is 0 Å². The van der Waals surface area contributed by atoms with E-state index < -0.39 is 23.8 Å². The zero-order chi connectivity index (χ0) is 24.6. The molecule has 1 aliphatic rings. The summed E-state index contributed by atoms with van der Waals surface area (Å²) in [6, 6.07) is 5.35. The molecular weight excluding hydrogens is 443 g/mol. The summed E-state index contributed by atoms with van der Waals surface area (Å²) in [6.07, 6.45) is 0.374. The van der Waals surface area contributed by atoms with Gasteiger partial charge in [0, 0.05) is 42.1 Å². The zero-order valence-electron chi connectivity index (χ0n) is 19.7. The molecule has 1 aromatic carbocycles. The highest BCUT2D eigenvalue weighted by Crippen LogP contribution is 2.36. The molecule has 1 fully saturated rings. The predicted octanol–water partition coefficient (Wildman–Crippen LogP) is 5.48. The van der Waals surface area contributed by atoms with Crippen LogP contribution in [0.4, 0.5) is 19.0 Å². The van der Waals surface area contributed by atoms with E-state index in [9.17, 15) is 18.0 Å². The number of anilines is 1. The summed E-state index contributed by atoms with van der Waals surface area (Å²) in [4.78, 5) is 27.2. The number of amides is 1. The van der Waals surface area contributed by atoms with Crippen LogP contribution in [-0.4, -0.2) is 38.8 Å². The molecule has 3 aromatic rings. The quantitative estimate of drug-likeness (QED) is 0.533. The van der Waals surface area contributed by atoms with Gasteiger partial charge in [0.1, 0.15) is 17.5 Å². The maximum atomic E-state index is 14.7.